The van der Waals surface area contributed by atoms with Gasteiger partial charge in [-0.2, -0.15) is 18.3 Å². The molecule has 2 N–H and O–H groups in total. The minimum atomic E-state index is -4.55. The molecule has 0 spiro atoms. The number of aromatic nitrogens is 2. The molecule has 3 aromatic rings. The normalized spacial score (nSPS) is 18.8. The van der Waals surface area contributed by atoms with Crippen molar-refractivity contribution >= 4 is 40.6 Å². The lowest BCUT2D eigenvalue weighted by Gasteiger charge is -2.32. The Kier molecular flexibility index (Phi) is 4.95. The summed E-state index contributed by atoms with van der Waals surface area (Å²) >= 11 is 11.8. The number of fused-ring (bicyclic) bond motifs is 1. The fourth-order valence-electron chi connectivity index (χ4n) is 3.23. The van der Waals surface area contributed by atoms with E-state index in [-0.39, 0.29) is 17.8 Å². The van der Waals surface area contributed by atoms with Crippen molar-refractivity contribution < 1.29 is 22.4 Å². The monoisotopic (exact) mass is 444 g/mol. The second-order valence-electron chi connectivity index (χ2n) is 6.47. The van der Waals surface area contributed by atoms with Crippen LogP contribution in [0.3, 0.4) is 0 Å². The van der Waals surface area contributed by atoms with Crippen molar-refractivity contribution in [2.75, 3.05) is 10.6 Å². The molecule has 0 unspecified atom stereocenters. The zero-order chi connectivity index (χ0) is 20.8. The van der Waals surface area contributed by atoms with Crippen molar-refractivity contribution in [1.82, 2.24) is 9.78 Å². The van der Waals surface area contributed by atoms with Gasteiger partial charge in [0, 0.05) is 22.2 Å². The number of nitrogens with one attached hydrogen (secondary N) is 2. The summed E-state index contributed by atoms with van der Waals surface area (Å²) in [5.74, 6) is -0.372. The summed E-state index contributed by atoms with van der Waals surface area (Å²) in [4.78, 5) is 12.7. The molecule has 0 radical (unpaired) electrons. The van der Waals surface area contributed by atoms with Crippen LogP contribution in [0.4, 0.5) is 24.7 Å². The third-order valence-electron chi connectivity index (χ3n) is 4.49. The number of carbonyl (C=O) groups is 1. The number of hydrogen-bond donors (Lipinski definition) is 2. The summed E-state index contributed by atoms with van der Waals surface area (Å²) in [5.41, 5.74) is 0.254. The first-order valence-corrected chi connectivity index (χ1v) is 9.19. The Morgan fingerprint density at radius 2 is 2.00 bits per heavy atom. The fourth-order valence-corrected chi connectivity index (χ4v) is 3.76. The molecule has 1 aliphatic rings. The molecule has 2 atom stereocenters. The number of carbonyl (C=O) groups excluding carboxylic acids is 1. The minimum Gasteiger partial charge on any atom is -0.467 e. The number of anilines is 2. The van der Waals surface area contributed by atoms with E-state index in [9.17, 15) is 18.0 Å². The third kappa shape index (κ3) is 3.92. The van der Waals surface area contributed by atoms with Crippen molar-refractivity contribution in [2.24, 2.45) is 0 Å². The number of rotatable bonds is 3. The number of halogens is 5. The molecule has 0 aliphatic carbocycles. The molecule has 4 rings (SSSR count). The zero-order valence-corrected chi connectivity index (χ0v) is 16.0. The highest BCUT2D eigenvalue weighted by atomic mass is 35.5. The maximum atomic E-state index is 13.6. The summed E-state index contributed by atoms with van der Waals surface area (Å²) in [7, 11) is 0. The second-order valence-corrected chi connectivity index (χ2v) is 7.34. The van der Waals surface area contributed by atoms with Crippen LogP contribution in [0.25, 0.3) is 0 Å². The number of nitrogens with zero attached hydrogens (tertiary/aromatic N) is 2. The van der Waals surface area contributed by atoms with Gasteiger partial charge >= 0.3 is 6.18 Å². The van der Waals surface area contributed by atoms with E-state index < -0.39 is 24.2 Å². The number of hydrogen-bond acceptors (Lipinski definition) is 4. The van der Waals surface area contributed by atoms with Crippen molar-refractivity contribution in [3.8, 4) is 0 Å². The maximum Gasteiger partial charge on any atom is 0.410 e. The summed E-state index contributed by atoms with van der Waals surface area (Å²) in [6, 6.07) is 4.92. The average molecular weight is 445 g/mol. The van der Waals surface area contributed by atoms with Gasteiger partial charge in [-0.1, -0.05) is 23.2 Å². The number of alkyl halides is 3. The fraction of sp³-hybridized carbons (Fsp3) is 0.222. The van der Waals surface area contributed by atoms with E-state index in [1.807, 2.05) is 0 Å². The van der Waals surface area contributed by atoms with Crippen molar-refractivity contribution in [3.63, 3.8) is 0 Å². The molecule has 1 aliphatic heterocycles. The summed E-state index contributed by atoms with van der Waals surface area (Å²) in [6.07, 6.45) is -2.41. The molecular formula is C18H13Cl2F3N4O2. The molecule has 6 nitrogen and oxygen atoms in total. The van der Waals surface area contributed by atoms with Gasteiger partial charge in [-0.15, -0.1) is 0 Å². The van der Waals surface area contributed by atoms with Crippen LogP contribution in [0.2, 0.25) is 10.0 Å². The van der Waals surface area contributed by atoms with Crippen molar-refractivity contribution in [1.29, 1.82) is 0 Å². The van der Waals surface area contributed by atoms with Gasteiger partial charge in [0.1, 0.15) is 17.1 Å². The van der Waals surface area contributed by atoms with E-state index in [0.717, 1.165) is 10.9 Å². The van der Waals surface area contributed by atoms with Gasteiger partial charge in [0.15, 0.2) is 6.04 Å². The largest absolute Gasteiger partial charge is 0.467 e. The molecule has 0 saturated heterocycles. The summed E-state index contributed by atoms with van der Waals surface area (Å²) in [5, 5.41) is 9.92. The highest BCUT2D eigenvalue weighted by Gasteiger charge is 2.47. The third-order valence-corrected chi connectivity index (χ3v) is 4.93. The van der Waals surface area contributed by atoms with Crippen LogP contribution < -0.4 is 10.6 Å². The average Bonchev–Trinajstić information content (AvgIpc) is 3.28. The van der Waals surface area contributed by atoms with Gasteiger partial charge in [0.05, 0.1) is 18.5 Å². The molecule has 1 amide bonds. The first-order valence-electron chi connectivity index (χ1n) is 8.44. The highest BCUT2D eigenvalue weighted by molar-refractivity contribution is 6.35. The van der Waals surface area contributed by atoms with E-state index in [1.165, 1.54) is 24.5 Å². The number of amides is 1. The molecule has 2 aromatic heterocycles. The lowest BCUT2D eigenvalue weighted by atomic mass is 10.0. The SMILES string of the molecule is O=C(Nc1cc(Cl)cc(Cl)c1)c1cnn2c1N[C@H](c1ccco1)C[C@H]2C(F)(F)F. The minimum absolute atomic E-state index is 0.0494. The predicted octanol–water partition coefficient (Wildman–Crippen LogP) is 5.70. The van der Waals surface area contributed by atoms with E-state index in [2.05, 4.69) is 15.7 Å². The highest BCUT2D eigenvalue weighted by Crippen LogP contribution is 2.44. The summed E-state index contributed by atoms with van der Waals surface area (Å²) in [6.45, 7) is 0. The van der Waals surface area contributed by atoms with E-state index in [0.29, 0.717) is 21.5 Å². The predicted molar refractivity (Wildman–Crippen MR) is 101 cm³/mol. The van der Waals surface area contributed by atoms with Crippen LogP contribution in [-0.2, 0) is 0 Å². The van der Waals surface area contributed by atoms with Crippen molar-refractivity contribution in [2.45, 2.75) is 24.7 Å². The van der Waals surface area contributed by atoms with Crippen LogP contribution in [0.5, 0.6) is 0 Å². The first kappa shape index (κ1) is 19.7. The van der Waals surface area contributed by atoms with Crippen LogP contribution in [0, 0.1) is 0 Å². The van der Waals surface area contributed by atoms with Gasteiger partial charge in [-0.25, -0.2) is 4.68 Å². The molecule has 152 valence electrons. The Labute approximate surface area is 172 Å². The Morgan fingerprint density at radius 3 is 2.62 bits per heavy atom. The van der Waals surface area contributed by atoms with Crippen LogP contribution in [0.15, 0.2) is 47.2 Å². The molecule has 1 aromatic carbocycles. The van der Waals surface area contributed by atoms with Crippen LogP contribution >= 0.6 is 23.2 Å². The van der Waals surface area contributed by atoms with Crippen LogP contribution in [-0.4, -0.2) is 21.9 Å². The van der Waals surface area contributed by atoms with E-state index in [4.69, 9.17) is 27.6 Å². The molecule has 0 bridgehead atoms. The Balaban J connectivity index is 1.68. The van der Waals surface area contributed by atoms with Gasteiger partial charge < -0.3 is 15.1 Å². The smallest absolute Gasteiger partial charge is 0.410 e. The number of benzene rings is 1. The van der Waals surface area contributed by atoms with Gasteiger partial charge in [0.25, 0.3) is 5.91 Å². The quantitative estimate of drug-likeness (QED) is 0.543. The Bertz CT molecular complexity index is 1030. The molecular weight excluding hydrogens is 432 g/mol. The second kappa shape index (κ2) is 7.31. The van der Waals surface area contributed by atoms with Gasteiger partial charge in [-0.05, 0) is 30.3 Å². The zero-order valence-electron chi connectivity index (χ0n) is 14.5. The maximum absolute atomic E-state index is 13.6. The van der Waals surface area contributed by atoms with Gasteiger partial charge in [-0.3, -0.25) is 4.79 Å². The van der Waals surface area contributed by atoms with E-state index in [1.54, 1.807) is 12.1 Å². The van der Waals surface area contributed by atoms with Crippen molar-refractivity contribution in [3.05, 3.63) is 64.2 Å². The van der Waals surface area contributed by atoms with E-state index >= 15 is 0 Å². The lowest BCUT2D eigenvalue weighted by Crippen LogP contribution is -2.36. The first-order chi connectivity index (χ1) is 13.7. The molecule has 29 heavy (non-hydrogen) atoms. The topological polar surface area (TPSA) is 72.1 Å². The number of furan rings is 1. The standard InChI is InChI=1S/C18H13Cl2F3N4O2/c19-9-4-10(20)6-11(5-9)25-17(28)12-8-24-27-15(18(21,22)23)7-13(26-16(12)27)14-2-1-3-29-14/h1-6,8,13,15,26H,7H2,(H,25,28)/t13-,15-/m0/s1. The van der Waals surface area contributed by atoms with Crippen LogP contribution in [0.1, 0.15) is 34.6 Å². The molecule has 11 heteroatoms. The molecule has 0 fully saturated rings. The summed E-state index contributed by atoms with van der Waals surface area (Å²) < 4.78 is 46.9. The Morgan fingerprint density at radius 1 is 1.28 bits per heavy atom. The Hall–Kier alpha value is -2.65. The lowest BCUT2D eigenvalue weighted by molar-refractivity contribution is -0.174. The molecule has 3 heterocycles. The van der Waals surface area contributed by atoms with Gasteiger partial charge in [0.2, 0.25) is 0 Å². The molecule has 0 saturated carbocycles.